The lowest BCUT2D eigenvalue weighted by molar-refractivity contribution is -0.121. The molecule has 1 unspecified atom stereocenters. The van der Waals surface area contributed by atoms with E-state index in [0.29, 0.717) is 17.2 Å². The summed E-state index contributed by atoms with van der Waals surface area (Å²) in [5, 5.41) is 7.33. The van der Waals surface area contributed by atoms with Gasteiger partial charge < -0.3 is 10.6 Å². The van der Waals surface area contributed by atoms with Crippen molar-refractivity contribution in [2.24, 2.45) is 4.99 Å². The van der Waals surface area contributed by atoms with Crippen molar-refractivity contribution in [3.63, 3.8) is 0 Å². The first-order valence-electron chi connectivity index (χ1n) is 8.60. The first-order chi connectivity index (χ1) is 13.1. The van der Waals surface area contributed by atoms with Gasteiger partial charge in [0.05, 0.1) is 5.71 Å². The molecule has 5 rings (SSSR count). The quantitative estimate of drug-likeness (QED) is 0.641. The number of nitrogens with zero attached hydrogens (tertiary/aromatic N) is 3. The van der Waals surface area contributed by atoms with Gasteiger partial charge in [0.25, 0.3) is 5.91 Å². The number of pyridine rings is 2. The number of benzene rings is 1. The predicted molar refractivity (Wildman–Crippen MR) is 108 cm³/mol. The number of carbonyl (C=O) groups is 1. The lowest BCUT2D eigenvalue weighted by Gasteiger charge is -2.33. The Morgan fingerprint density at radius 2 is 2.04 bits per heavy atom. The molecule has 1 spiro atoms. The van der Waals surface area contributed by atoms with E-state index in [2.05, 4.69) is 25.6 Å². The summed E-state index contributed by atoms with van der Waals surface area (Å²) in [6.45, 7) is 1.92. The molecule has 132 valence electrons. The lowest BCUT2D eigenvalue weighted by atomic mass is 9.83. The maximum Gasteiger partial charge on any atom is 0.255 e. The van der Waals surface area contributed by atoms with E-state index in [1.807, 2.05) is 49.4 Å². The third-order valence-electron chi connectivity index (χ3n) is 5.10. The normalized spacial score (nSPS) is 21.0. The van der Waals surface area contributed by atoms with Crippen LogP contribution in [0, 0.1) is 6.92 Å². The van der Waals surface area contributed by atoms with Gasteiger partial charge in [-0.1, -0.05) is 18.2 Å². The number of aromatic nitrogens is 2. The molecule has 7 heteroatoms. The van der Waals surface area contributed by atoms with Crippen LogP contribution in [0.4, 0.5) is 5.69 Å². The number of hydrogen-bond acceptors (Lipinski definition) is 4. The van der Waals surface area contributed by atoms with Crippen LogP contribution in [0.1, 0.15) is 23.2 Å². The Hall–Kier alpha value is -3.19. The van der Waals surface area contributed by atoms with Crippen molar-refractivity contribution in [2.75, 3.05) is 5.32 Å². The number of nitrogens with one attached hydrogen (secondary N) is 2. The van der Waals surface area contributed by atoms with Crippen molar-refractivity contribution in [1.82, 2.24) is 15.3 Å². The van der Waals surface area contributed by atoms with E-state index < -0.39 is 5.54 Å². The fourth-order valence-electron chi connectivity index (χ4n) is 3.83. The van der Waals surface area contributed by atoms with Crippen LogP contribution in [-0.2, 0) is 10.3 Å². The van der Waals surface area contributed by atoms with E-state index in [1.54, 1.807) is 6.20 Å². The molecule has 1 aromatic carbocycles. The van der Waals surface area contributed by atoms with Gasteiger partial charge in [-0.3, -0.25) is 4.79 Å². The minimum Gasteiger partial charge on any atom is -0.343 e. The first kappa shape index (κ1) is 16.0. The van der Waals surface area contributed by atoms with Crippen LogP contribution in [0.3, 0.4) is 0 Å². The monoisotopic (exact) mass is 373 g/mol. The molecular formula is C20H15N5OS. The number of hydrogen-bond donors (Lipinski definition) is 2. The molecule has 0 aliphatic carbocycles. The van der Waals surface area contributed by atoms with Crippen molar-refractivity contribution in [3.05, 3.63) is 65.5 Å². The molecule has 0 saturated heterocycles. The van der Waals surface area contributed by atoms with Gasteiger partial charge in [-0.05, 0) is 43.4 Å². The minimum absolute atomic E-state index is 0.119. The second kappa shape index (κ2) is 5.65. The highest BCUT2D eigenvalue weighted by molar-refractivity contribution is 7.80. The number of carbonyl (C=O) groups excluding carboxylic acids is 1. The van der Waals surface area contributed by atoms with Crippen LogP contribution in [0.2, 0.25) is 0 Å². The van der Waals surface area contributed by atoms with Gasteiger partial charge in [0.2, 0.25) is 0 Å². The van der Waals surface area contributed by atoms with Crippen molar-refractivity contribution in [3.8, 4) is 0 Å². The summed E-state index contributed by atoms with van der Waals surface area (Å²) in [5.41, 5.74) is 3.88. The molecule has 1 atom stereocenters. The van der Waals surface area contributed by atoms with Crippen LogP contribution >= 0.6 is 12.2 Å². The van der Waals surface area contributed by atoms with Crippen LogP contribution in [0.5, 0.6) is 0 Å². The number of rotatable bonds is 1. The fourth-order valence-corrected chi connectivity index (χ4v) is 4.11. The molecule has 2 aliphatic rings. The summed E-state index contributed by atoms with van der Waals surface area (Å²) >= 11 is 5.40. The molecule has 0 saturated carbocycles. The Morgan fingerprint density at radius 3 is 2.93 bits per heavy atom. The molecule has 2 aliphatic heterocycles. The average Bonchev–Trinajstić information content (AvgIpc) is 2.92. The second-order valence-corrected chi connectivity index (χ2v) is 7.13. The predicted octanol–water partition coefficient (Wildman–Crippen LogP) is 2.85. The highest BCUT2D eigenvalue weighted by Gasteiger charge is 2.50. The van der Waals surface area contributed by atoms with Crippen molar-refractivity contribution >= 4 is 45.7 Å². The van der Waals surface area contributed by atoms with Gasteiger partial charge in [-0.2, -0.15) is 0 Å². The van der Waals surface area contributed by atoms with E-state index >= 15 is 0 Å². The summed E-state index contributed by atoms with van der Waals surface area (Å²) in [6, 6.07) is 13.5. The summed E-state index contributed by atoms with van der Waals surface area (Å²) in [4.78, 5) is 26.4. The maximum absolute atomic E-state index is 12.9. The zero-order valence-electron chi connectivity index (χ0n) is 14.5. The zero-order valence-corrected chi connectivity index (χ0v) is 15.3. The van der Waals surface area contributed by atoms with Gasteiger partial charge in [0.1, 0.15) is 0 Å². The molecule has 2 N–H and O–H groups in total. The molecule has 27 heavy (non-hydrogen) atoms. The highest BCUT2D eigenvalue weighted by Crippen LogP contribution is 2.41. The Balaban J connectivity index is 1.66. The highest BCUT2D eigenvalue weighted by atomic mass is 32.1. The number of thiocarbonyl (C=S) groups is 1. The van der Waals surface area contributed by atoms with Crippen LogP contribution in [0.15, 0.2) is 53.7 Å². The molecule has 2 aromatic heterocycles. The topological polar surface area (TPSA) is 79.3 Å². The van der Waals surface area contributed by atoms with E-state index in [0.717, 1.165) is 33.6 Å². The SMILES string of the molecule is Cc1nc2ncccc2cc1C1=NC(=S)NC2(C1)C(=O)Nc1ccccc12. The lowest BCUT2D eigenvalue weighted by Crippen LogP contribution is -2.54. The van der Waals surface area contributed by atoms with Crippen LogP contribution < -0.4 is 10.6 Å². The molecule has 0 radical (unpaired) electrons. The number of aryl methyl sites for hydroxylation is 1. The minimum atomic E-state index is -0.943. The molecule has 0 bridgehead atoms. The van der Waals surface area contributed by atoms with Gasteiger partial charge in [0, 0.05) is 40.5 Å². The smallest absolute Gasteiger partial charge is 0.255 e. The Bertz CT molecular complexity index is 1170. The first-order valence-corrected chi connectivity index (χ1v) is 9.01. The van der Waals surface area contributed by atoms with Crippen molar-refractivity contribution in [1.29, 1.82) is 0 Å². The van der Waals surface area contributed by atoms with E-state index in [9.17, 15) is 4.79 Å². The molecular weight excluding hydrogens is 358 g/mol. The Morgan fingerprint density at radius 1 is 1.19 bits per heavy atom. The summed E-state index contributed by atoms with van der Waals surface area (Å²) in [7, 11) is 0. The molecule has 3 aromatic rings. The van der Waals surface area contributed by atoms with E-state index in [-0.39, 0.29) is 5.91 Å². The third-order valence-corrected chi connectivity index (χ3v) is 5.30. The molecule has 4 heterocycles. The van der Waals surface area contributed by atoms with Crippen LogP contribution in [-0.4, -0.2) is 26.7 Å². The second-order valence-electron chi connectivity index (χ2n) is 6.74. The van der Waals surface area contributed by atoms with E-state index in [1.165, 1.54) is 0 Å². The average molecular weight is 373 g/mol. The molecule has 6 nitrogen and oxygen atoms in total. The number of amides is 1. The largest absolute Gasteiger partial charge is 0.343 e. The van der Waals surface area contributed by atoms with Gasteiger partial charge in [0.15, 0.2) is 16.3 Å². The number of fused-ring (bicyclic) bond motifs is 3. The number of anilines is 1. The van der Waals surface area contributed by atoms with Gasteiger partial charge in [-0.15, -0.1) is 0 Å². The van der Waals surface area contributed by atoms with Crippen molar-refractivity contribution < 1.29 is 4.79 Å². The van der Waals surface area contributed by atoms with Crippen LogP contribution in [0.25, 0.3) is 11.0 Å². The number of aliphatic imine (C=N–C) groups is 1. The standard InChI is InChI=1S/C20H15N5OS/c1-11-13(9-12-5-4-8-21-17(12)22-11)16-10-20(25-19(27)24-16)14-6-2-3-7-15(14)23-18(20)26/h2-9H,10H2,1H3,(H,23,26)(H,25,27). The third kappa shape index (κ3) is 2.35. The molecule has 1 amide bonds. The summed E-state index contributed by atoms with van der Waals surface area (Å²) in [6.07, 6.45) is 2.12. The Kier molecular flexibility index (Phi) is 3.35. The van der Waals surface area contributed by atoms with Crippen molar-refractivity contribution in [2.45, 2.75) is 18.9 Å². The Labute approximate surface area is 160 Å². The van der Waals surface area contributed by atoms with E-state index in [4.69, 9.17) is 12.2 Å². The van der Waals surface area contributed by atoms with Gasteiger partial charge in [-0.25, -0.2) is 15.0 Å². The van der Waals surface area contributed by atoms with Gasteiger partial charge >= 0.3 is 0 Å². The summed E-state index contributed by atoms with van der Waals surface area (Å²) in [5.74, 6) is -0.119. The summed E-state index contributed by atoms with van der Waals surface area (Å²) < 4.78 is 0. The number of para-hydroxylation sites is 1. The fraction of sp³-hybridized carbons (Fsp3) is 0.150. The maximum atomic E-state index is 12.9. The molecule has 0 fully saturated rings. The zero-order chi connectivity index (χ0) is 18.6.